The van der Waals surface area contributed by atoms with Gasteiger partial charge in [0.25, 0.3) is 0 Å². The van der Waals surface area contributed by atoms with E-state index in [0.717, 1.165) is 29.0 Å². The van der Waals surface area contributed by atoms with Crippen LogP contribution in [0, 0.1) is 5.92 Å². The van der Waals surface area contributed by atoms with Crippen molar-refractivity contribution in [3.8, 4) is 0 Å². The zero-order chi connectivity index (χ0) is 17.9. The SMILES string of the molecule is CN=C(NCCC(=O)N(C)Cc1ccccc1Br)NCCC(C)C. The Balaban J connectivity index is 2.33. The number of halogens is 1. The molecular weight excluding hydrogens is 368 g/mol. The molecule has 6 heteroatoms. The molecule has 0 fully saturated rings. The second-order valence-electron chi connectivity index (χ2n) is 6.20. The summed E-state index contributed by atoms with van der Waals surface area (Å²) < 4.78 is 1.03. The van der Waals surface area contributed by atoms with Crippen molar-refractivity contribution in [3.05, 3.63) is 34.3 Å². The molecule has 0 aromatic heterocycles. The molecule has 0 spiro atoms. The molecular formula is C18H29BrN4O. The van der Waals surface area contributed by atoms with Gasteiger partial charge in [0.05, 0.1) is 0 Å². The lowest BCUT2D eigenvalue weighted by molar-refractivity contribution is -0.130. The Morgan fingerprint density at radius 2 is 1.92 bits per heavy atom. The smallest absolute Gasteiger partial charge is 0.224 e. The monoisotopic (exact) mass is 396 g/mol. The number of carbonyl (C=O) groups is 1. The number of carbonyl (C=O) groups excluding carboxylic acids is 1. The van der Waals surface area contributed by atoms with E-state index < -0.39 is 0 Å². The Labute approximate surface area is 154 Å². The van der Waals surface area contributed by atoms with Gasteiger partial charge in [0.15, 0.2) is 5.96 Å². The fraction of sp³-hybridized carbons (Fsp3) is 0.556. The molecule has 0 radical (unpaired) electrons. The van der Waals surface area contributed by atoms with Crippen molar-refractivity contribution in [1.29, 1.82) is 0 Å². The van der Waals surface area contributed by atoms with Crippen LogP contribution >= 0.6 is 15.9 Å². The van der Waals surface area contributed by atoms with Gasteiger partial charge in [0.2, 0.25) is 5.91 Å². The number of hydrogen-bond donors (Lipinski definition) is 2. The summed E-state index contributed by atoms with van der Waals surface area (Å²) in [4.78, 5) is 18.2. The van der Waals surface area contributed by atoms with Crippen molar-refractivity contribution in [1.82, 2.24) is 15.5 Å². The quantitative estimate of drug-likeness (QED) is 0.524. The summed E-state index contributed by atoms with van der Waals surface area (Å²) in [5.41, 5.74) is 1.10. The van der Waals surface area contributed by atoms with Gasteiger partial charge in [0, 0.05) is 44.6 Å². The van der Waals surface area contributed by atoms with Gasteiger partial charge in [-0.05, 0) is 24.0 Å². The lowest BCUT2D eigenvalue weighted by atomic mass is 10.1. The van der Waals surface area contributed by atoms with Gasteiger partial charge in [-0.2, -0.15) is 0 Å². The molecule has 134 valence electrons. The molecule has 0 heterocycles. The molecule has 24 heavy (non-hydrogen) atoms. The van der Waals surface area contributed by atoms with E-state index >= 15 is 0 Å². The maximum atomic E-state index is 12.2. The summed E-state index contributed by atoms with van der Waals surface area (Å²) in [5, 5.41) is 6.45. The topological polar surface area (TPSA) is 56.7 Å². The summed E-state index contributed by atoms with van der Waals surface area (Å²) >= 11 is 3.51. The van der Waals surface area contributed by atoms with Gasteiger partial charge in [0.1, 0.15) is 0 Å². The normalized spacial score (nSPS) is 11.5. The molecule has 0 bridgehead atoms. The molecule has 0 saturated carbocycles. The summed E-state index contributed by atoms with van der Waals surface area (Å²) in [7, 11) is 3.57. The summed E-state index contributed by atoms with van der Waals surface area (Å²) in [6.45, 7) is 6.43. The van der Waals surface area contributed by atoms with E-state index in [9.17, 15) is 4.79 Å². The van der Waals surface area contributed by atoms with Crippen molar-refractivity contribution in [3.63, 3.8) is 0 Å². The third kappa shape index (κ3) is 7.81. The highest BCUT2D eigenvalue weighted by Gasteiger charge is 2.10. The number of benzene rings is 1. The highest BCUT2D eigenvalue weighted by molar-refractivity contribution is 9.10. The number of hydrogen-bond acceptors (Lipinski definition) is 2. The fourth-order valence-corrected chi connectivity index (χ4v) is 2.56. The minimum atomic E-state index is 0.107. The zero-order valence-electron chi connectivity index (χ0n) is 15.1. The standard InChI is InChI=1S/C18H29BrN4O/c1-14(2)9-11-21-18(20-3)22-12-10-17(24)23(4)13-15-7-5-6-8-16(15)19/h5-8,14H,9-13H2,1-4H3,(H2,20,21,22). The highest BCUT2D eigenvalue weighted by Crippen LogP contribution is 2.17. The summed E-state index contributed by atoms with van der Waals surface area (Å²) in [5.74, 6) is 1.51. The van der Waals surface area contributed by atoms with Crippen molar-refractivity contribution in [2.24, 2.45) is 10.9 Å². The number of rotatable bonds is 8. The molecule has 1 rings (SSSR count). The Hall–Kier alpha value is -1.56. The van der Waals surface area contributed by atoms with E-state index in [-0.39, 0.29) is 5.91 Å². The number of amides is 1. The molecule has 0 aliphatic carbocycles. The molecule has 0 aliphatic heterocycles. The van der Waals surface area contributed by atoms with Crippen molar-refractivity contribution < 1.29 is 4.79 Å². The predicted molar refractivity (Wildman–Crippen MR) is 104 cm³/mol. The Kier molecular flexibility index (Phi) is 9.45. The van der Waals surface area contributed by atoms with Gasteiger partial charge in [-0.25, -0.2) is 0 Å². The van der Waals surface area contributed by atoms with Crippen LogP contribution in [0.15, 0.2) is 33.7 Å². The number of aliphatic imine (C=N–C) groups is 1. The highest BCUT2D eigenvalue weighted by atomic mass is 79.9. The molecule has 0 unspecified atom stereocenters. The first-order chi connectivity index (χ1) is 11.4. The number of guanidine groups is 1. The second kappa shape index (κ2) is 11.1. The van der Waals surface area contributed by atoms with Gasteiger partial charge in [-0.1, -0.05) is 48.0 Å². The largest absolute Gasteiger partial charge is 0.356 e. The van der Waals surface area contributed by atoms with Gasteiger partial charge >= 0.3 is 0 Å². The van der Waals surface area contributed by atoms with E-state index in [1.807, 2.05) is 31.3 Å². The average molecular weight is 397 g/mol. The van der Waals surface area contributed by atoms with Crippen LogP contribution in [0.2, 0.25) is 0 Å². The summed E-state index contributed by atoms with van der Waals surface area (Å²) in [6.07, 6.45) is 1.53. The first-order valence-electron chi connectivity index (χ1n) is 8.36. The molecule has 5 nitrogen and oxygen atoms in total. The van der Waals surface area contributed by atoms with Gasteiger partial charge in [-0.15, -0.1) is 0 Å². The molecule has 2 N–H and O–H groups in total. The third-order valence-corrected chi connectivity index (χ3v) is 4.43. The third-order valence-electron chi connectivity index (χ3n) is 3.66. The van der Waals surface area contributed by atoms with Crippen molar-refractivity contribution >= 4 is 27.8 Å². The van der Waals surface area contributed by atoms with Gasteiger partial charge < -0.3 is 15.5 Å². The van der Waals surface area contributed by atoms with E-state index in [0.29, 0.717) is 25.4 Å². The zero-order valence-corrected chi connectivity index (χ0v) is 16.7. The fourth-order valence-electron chi connectivity index (χ4n) is 2.15. The Morgan fingerprint density at radius 1 is 1.25 bits per heavy atom. The van der Waals surface area contributed by atoms with Crippen molar-refractivity contribution in [2.45, 2.75) is 33.2 Å². The lowest BCUT2D eigenvalue weighted by Gasteiger charge is -2.19. The maximum absolute atomic E-state index is 12.2. The van der Waals surface area contributed by atoms with E-state index in [1.165, 1.54) is 0 Å². The van der Waals surface area contributed by atoms with Crippen LogP contribution < -0.4 is 10.6 Å². The molecule has 1 amide bonds. The van der Waals surface area contributed by atoms with Crippen LogP contribution in [0.1, 0.15) is 32.3 Å². The first-order valence-corrected chi connectivity index (χ1v) is 9.15. The van der Waals surface area contributed by atoms with E-state index in [1.54, 1.807) is 11.9 Å². The summed E-state index contributed by atoms with van der Waals surface area (Å²) in [6, 6.07) is 7.96. The van der Waals surface area contributed by atoms with Crippen LogP contribution in [0.25, 0.3) is 0 Å². The molecule has 0 saturated heterocycles. The van der Waals surface area contributed by atoms with Gasteiger partial charge in [-0.3, -0.25) is 9.79 Å². The van der Waals surface area contributed by atoms with Crippen LogP contribution in [-0.2, 0) is 11.3 Å². The second-order valence-corrected chi connectivity index (χ2v) is 7.05. The molecule has 1 aromatic rings. The Bertz CT molecular complexity index is 546. The number of nitrogens with zero attached hydrogens (tertiary/aromatic N) is 2. The molecule has 1 aromatic carbocycles. The minimum absolute atomic E-state index is 0.107. The number of nitrogens with one attached hydrogen (secondary N) is 2. The minimum Gasteiger partial charge on any atom is -0.356 e. The van der Waals surface area contributed by atoms with Crippen LogP contribution in [-0.4, -0.2) is 44.0 Å². The molecule has 0 atom stereocenters. The van der Waals surface area contributed by atoms with Crippen molar-refractivity contribution in [2.75, 3.05) is 27.2 Å². The maximum Gasteiger partial charge on any atom is 0.224 e. The van der Waals surface area contributed by atoms with Crippen LogP contribution in [0.4, 0.5) is 0 Å². The van der Waals surface area contributed by atoms with Crippen LogP contribution in [0.3, 0.4) is 0 Å². The van der Waals surface area contributed by atoms with E-state index in [4.69, 9.17) is 0 Å². The lowest BCUT2D eigenvalue weighted by Crippen LogP contribution is -2.40. The average Bonchev–Trinajstić information content (AvgIpc) is 2.55. The van der Waals surface area contributed by atoms with E-state index in [2.05, 4.69) is 45.4 Å². The first kappa shape index (κ1) is 20.5. The predicted octanol–water partition coefficient (Wildman–Crippen LogP) is 3.01. The molecule has 0 aliphatic rings. The van der Waals surface area contributed by atoms with Crippen LogP contribution in [0.5, 0.6) is 0 Å². The Morgan fingerprint density at radius 3 is 2.54 bits per heavy atom.